The highest BCUT2D eigenvalue weighted by Gasteiger charge is 2.15. The van der Waals surface area contributed by atoms with Gasteiger partial charge < -0.3 is 10.4 Å². The number of hydrogen-bond donors (Lipinski definition) is 2. The van der Waals surface area contributed by atoms with E-state index < -0.39 is 0 Å². The molecule has 5 nitrogen and oxygen atoms in total. The number of thioether (sulfide) groups is 1. The summed E-state index contributed by atoms with van der Waals surface area (Å²) in [6.45, 7) is 0. The number of phenols is 1. The highest BCUT2D eigenvalue weighted by atomic mass is 127. The number of carbonyl (C=O) groups is 1. The van der Waals surface area contributed by atoms with Crippen LogP contribution in [-0.4, -0.2) is 28.1 Å². The van der Waals surface area contributed by atoms with Gasteiger partial charge in [0.1, 0.15) is 5.75 Å². The maximum atomic E-state index is 10.9. The molecule has 1 fully saturated rings. The van der Waals surface area contributed by atoms with Crippen LogP contribution in [0.5, 0.6) is 5.75 Å². The smallest absolute Gasteiger partial charge is 0.236 e. The maximum Gasteiger partial charge on any atom is 0.236 e. The molecule has 1 heterocycles. The lowest BCUT2D eigenvalue weighted by Gasteiger charge is -2.01. The minimum atomic E-state index is -0.0531. The molecule has 1 amide bonds. The largest absolute Gasteiger partial charge is 0.506 e. The zero-order chi connectivity index (χ0) is 13.1. The van der Waals surface area contributed by atoms with Gasteiger partial charge in [0, 0.05) is 0 Å². The number of nitrogens with one attached hydrogen (secondary N) is 1. The van der Waals surface area contributed by atoms with E-state index in [1.807, 2.05) is 12.1 Å². The summed E-state index contributed by atoms with van der Waals surface area (Å²) < 4.78 is 1.52. The van der Waals surface area contributed by atoms with Crippen molar-refractivity contribution in [2.45, 2.75) is 0 Å². The van der Waals surface area contributed by atoms with Crippen LogP contribution < -0.4 is 5.32 Å². The van der Waals surface area contributed by atoms with E-state index in [2.05, 4.69) is 60.7 Å². The Morgan fingerprint density at radius 2 is 2.06 bits per heavy atom. The number of benzene rings is 1. The number of amidine groups is 1. The Hall–Kier alpha value is -0.360. The van der Waals surface area contributed by atoms with Crippen molar-refractivity contribution in [1.82, 2.24) is 5.32 Å². The zero-order valence-corrected chi connectivity index (χ0v) is 14.0. The molecular weight excluding hydrogens is 480 g/mol. The van der Waals surface area contributed by atoms with Crippen LogP contribution in [0.15, 0.2) is 22.3 Å². The van der Waals surface area contributed by atoms with Crippen LogP contribution in [-0.2, 0) is 4.79 Å². The van der Waals surface area contributed by atoms with Gasteiger partial charge in [0.25, 0.3) is 0 Å². The summed E-state index contributed by atoms with van der Waals surface area (Å²) in [6.07, 6.45) is 1.59. The first-order chi connectivity index (χ1) is 8.56. The van der Waals surface area contributed by atoms with Gasteiger partial charge in [0.05, 0.1) is 19.1 Å². The van der Waals surface area contributed by atoms with E-state index in [4.69, 9.17) is 0 Å². The van der Waals surface area contributed by atoms with Crippen molar-refractivity contribution >= 4 is 74.2 Å². The minimum Gasteiger partial charge on any atom is -0.506 e. The fourth-order valence-corrected chi connectivity index (χ4v) is 3.63. The summed E-state index contributed by atoms with van der Waals surface area (Å²) in [5.74, 6) is 0.615. The predicted octanol–water partition coefficient (Wildman–Crippen LogP) is 2.15. The monoisotopic (exact) mass is 487 g/mol. The number of hydrogen-bond acceptors (Lipinski definition) is 5. The molecule has 1 aliphatic heterocycles. The Labute approximate surface area is 135 Å². The molecule has 1 aliphatic rings. The lowest BCUT2D eigenvalue weighted by molar-refractivity contribution is -0.116. The van der Waals surface area contributed by atoms with Crippen LogP contribution in [0.25, 0.3) is 0 Å². The van der Waals surface area contributed by atoms with Gasteiger partial charge in [0.2, 0.25) is 5.91 Å². The van der Waals surface area contributed by atoms with Crippen molar-refractivity contribution in [3.05, 3.63) is 24.8 Å². The van der Waals surface area contributed by atoms with E-state index in [-0.39, 0.29) is 11.7 Å². The molecule has 1 aromatic rings. The van der Waals surface area contributed by atoms with Gasteiger partial charge in [-0.1, -0.05) is 11.8 Å². The Bertz CT molecular complexity index is 537. The van der Waals surface area contributed by atoms with E-state index in [0.29, 0.717) is 10.9 Å². The lowest BCUT2D eigenvalue weighted by atomic mass is 10.2. The summed E-state index contributed by atoms with van der Waals surface area (Å²) in [6, 6.07) is 3.62. The average molecular weight is 487 g/mol. The van der Waals surface area contributed by atoms with E-state index in [9.17, 15) is 9.90 Å². The third-order valence-corrected chi connectivity index (χ3v) is 4.49. The Kier molecular flexibility index (Phi) is 4.84. The van der Waals surface area contributed by atoms with Gasteiger partial charge in [-0.15, -0.1) is 5.10 Å². The van der Waals surface area contributed by atoms with Crippen LogP contribution in [0.3, 0.4) is 0 Å². The molecule has 8 heteroatoms. The summed E-state index contributed by atoms with van der Waals surface area (Å²) in [7, 11) is 0. The summed E-state index contributed by atoms with van der Waals surface area (Å²) in [4.78, 5) is 10.9. The zero-order valence-electron chi connectivity index (χ0n) is 8.85. The Morgan fingerprint density at radius 1 is 1.39 bits per heavy atom. The van der Waals surface area contributed by atoms with Gasteiger partial charge in [0.15, 0.2) is 5.17 Å². The number of rotatable bonds is 2. The molecule has 0 aliphatic carbocycles. The molecule has 2 N–H and O–H groups in total. The Morgan fingerprint density at radius 3 is 2.61 bits per heavy atom. The number of phenolic OH excluding ortho intramolecular Hbond substituents is 1. The fourth-order valence-electron chi connectivity index (χ4n) is 1.19. The second-order valence-corrected chi connectivity index (χ2v) is 6.61. The van der Waals surface area contributed by atoms with E-state index in [0.717, 1.165) is 12.7 Å². The van der Waals surface area contributed by atoms with Gasteiger partial charge in [-0.3, -0.25) is 4.79 Å². The highest BCUT2D eigenvalue weighted by Crippen LogP contribution is 2.26. The van der Waals surface area contributed by atoms with Crippen LogP contribution in [0.2, 0.25) is 0 Å². The highest BCUT2D eigenvalue weighted by molar-refractivity contribution is 14.1. The second kappa shape index (κ2) is 6.19. The molecular formula is C10H7I2N3O2S. The molecule has 0 atom stereocenters. The minimum absolute atomic E-state index is 0.0531. The van der Waals surface area contributed by atoms with Crippen molar-refractivity contribution < 1.29 is 9.90 Å². The van der Waals surface area contributed by atoms with Crippen LogP contribution in [0, 0.1) is 7.14 Å². The molecule has 1 saturated heterocycles. The van der Waals surface area contributed by atoms with Crippen LogP contribution in [0.4, 0.5) is 0 Å². The van der Waals surface area contributed by atoms with Crippen molar-refractivity contribution in [3.8, 4) is 5.75 Å². The molecule has 0 saturated carbocycles. The number of aromatic hydroxyl groups is 1. The normalized spacial score (nSPS) is 17.7. The van der Waals surface area contributed by atoms with Crippen molar-refractivity contribution in [1.29, 1.82) is 0 Å². The first kappa shape index (κ1) is 14.1. The van der Waals surface area contributed by atoms with E-state index >= 15 is 0 Å². The van der Waals surface area contributed by atoms with Crippen molar-refractivity contribution in [2.75, 3.05) is 5.75 Å². The summed E-state index contributed by atoms with van der Waals surface area (Å²) in [5, 5.41) is 20.5. The van der Waals surface area contributed by atoms with Crippen LogP contribution >= 0.6 is 56.9 Å². The summed E-state index contributed by atoms with van der Waals surface area (Å²) >= 11 is 5.44. The molecule has 0 unspecified atom stereocenters. The quantitative estimate of drug-likeness (QED) is 0.382. The fraction of sp³-hybridized carbons (Fsp3) is 0.100. The number of nitrogens with zero attached hydrogens (tertiary/aromatic N) is 2. The van der Waals surface area contributed by atoms with Gasteiger partial charge in [-0.25, -0.2) is 0 Å². The topological polar surface area (TPSA) is 74.0 Å². The van der Waals surface area contributed by atoms with Gasteiger partial charge in [-0.05, 0) is 62.9 Å². The average Bonchev–Trinajstić information content (AvgIpc) is 2.72. The predicted molar refractivity (Wildman–Crippen MR) is 89.2 cm³/mol. The first-order valence-corrected chi connectivity index (χ1v) is 7.92. The molecule has 18 heavy (non-hydrogen) atoms. The standard InChI is InChI=1S/C10H7I2N3O2S/c11-6-1-5(2-7(12)9(6)17)3-13-15-10-14-8(16)4-18-10/h1-3,17H,4H2,(H,14,15,16). The first-order valence-electron chi connectivity index (χ1n) is 4.78. The van der Waals surface area contributed by atoms with Crippen molar-refractivity contribution in [2.24, 2.45) is 10.2 Å². The third-order valence-electron chi connectivity index (χ3n) is 1.98. The van der Waals surface area contributed by atoms with Crippen LogP contribution in [0.1, 0.15) is 5.56 Å². The number of amides is 1. The molecule has 1 aromatic carbocycles. The molecule has 0 radical (unpaired) electrons. The maximum absolute atomic E-state index is 10.9. The molecule has 0 bridgehead atoms. The summed E-state index contributed by atoms with van der Waals surface area (Å²) in [5.41, 5.74) is 0.847. The SMILES string of the molecule is O=C1CSC(=NN=Cc2cc(I)c(O)c(I)c2)N1. The number of halogens is 2. The van der Waals surface area contributed by atoms with E-state index in [1.165, 1.54) is 11.8 Å². The van der Waals surface area contributed by atoms with Gasteiger partial charge in [-0.2, -0.15) is 5.10 Å². The van der Waals surface area contributed by atoms with E-state index in [1.54, 1.807) is 6.21 Å². The molecule has 2 rings (SSSR count). The third kappa shape index (κ3) is 3.57. The number of carbonyl (C=O) groups excluding carboxylic acids is 1. The second-order valence-electron chi connectivity index (χ2n) is 3.32. The molecule has 0 aromatic heterocycles. The molecule has 0 spiro atoms. The Balaban J connectivity index is 2.12. The van der Waals surface area contributed by atoms with Gasteiger partial charge >= 0.3 is 0 Å². The lowest BCUT2D eigenvalue weighted by Crippen LogP contribution is -2.19. The molecule has 94 valence electrons. The van der Waals surface area contributed by atoms with Crippen molar-refractivity contribution in [3.63, 3.8) is 0 Å².